The monoisotopic (exact) mass is 185 g/mol. The first-order chi connectivity index (χ1) is 5.56. The Balaban J connectivity index is 3.86. The van der Waals surface area contributed by atoms with Crippen LogP contribution in [0.15, 0.2) is 11.8 Å². The molecule has 0 heterocycles. The Bertz CT molecular complexity index is 122. The maximum atomic E-state index is 3.52. The average molecular weight is 185 g/mol. The van der Waals surface area contributed by atoms with Gasteiger partial charge in [-0.15, -0.1) is 0 Å². The third kappa shape index (κ3) is 6.58. The van der Waals surface area contributed by atoms with Crippen LogP contribution in [0.5, 0.6) is 0 Å². The van der Waals surface area contributed by atoms with Gasteiger partial charge in [0.15, 0.2) is 0 Å². The lowest BCUT2D eigenvalue weighted by atomic mass is 10.4. The second-order valence-electron chi connectivity index (χ2n) is 3.51. The van der Waals surface area contributed by atoms with Crippen LogP contribution in [0.4, 0.5) is 0 Å². The lowest BCUT2D eigenvalue weighted by Crippen LogP contribution is -2.51. The van der Waals surface area contributed by atoms with Gasteiger partial charge in [-0.2, -0.15) is 0 Å². The van der Waals surface area contributed by atoms with Crippen molar-refractivity contribution >= 4 is 9.12 Å². The molecule has 0 saturated carbocycles. The first-order valence-electron chi connectivity index (χ1n) is 4.59. The van der Waals surface area contributed by atoms with Gasteiger partial charge in [0.1, 0.15) is 0 Å². The van der Waals surface area contributed by atoms with Crippen LogP contribution in [-0.4, -0.2) is 21.2 Å². The van der Waals surface area contributed by atoms with Gasteiger partial charge in [-0.3, -0.25) is 0 Å². The van der Waals surface area contributed by atoms with E-state index in [0.717, 1.165) is 0 Å². The Morgan fingerprint density at radius 1 is 1.00 bits per heavy atom. The zero-order valence-electron chi connectivity index (χ0n) is 8.81. The summed E-state index contributed by atoms with van der Waals surface area (Å²) in [5.74, 6) is 0. The van der Waals surface area contributed by atoms with E-state index in [-0.39, 0.29) is 0 Å². The van der Waals surface area contributed by atoms with E-state index < -0.39 is 9.12 Å². The molecule has 0 atom stereocenters. The smallest absolute Gasteiger partial charge is 0.253 e. The molecule has 2 N–H and O–H groups in total. The SMILES string of the molecule is CC=C[Si](NC(C)C)NC(C)C. The molecule has 0 aliphatic heterocycles. The summed E-state index contributed by atoms with van der Waals surface area (Å²) >= 11 is 0. The van der Waals surface area contributed by atoms with Crippen molar-refractivity contribution in [3.63, 3.8) is 0 Å². The van der Waals surface area contributed by atoms with E-state index in [1.54, 1.807) is 0 Å². The molecule has 0 amide bonds. The third-order valence-electron chi connectivity index (χ3n) is 1.22. The summed E-state index contributed by atoms with van der Waals surface area (Å²) < 4.78 is 0. The summed E-state index contributed by atoms with van der Waals surface area (Å²) in [6.07, 6.45) is 2.11. The van der Waals surface area contributed by atoms with Gasteiger partial charge < -0.3 is 9.96 Å². The van der Waals surface area contributed by atoms with Crippen molar-refractivity contribution < 1.29 is 0 Å². The first kappa shape index (κ1) is 11.9. The highest BCUT2D eigenvalue weighted by molar-refractivity contribution is 6.59. The van der Waals surface area contributed by atoms with Gasteiger partial charge >= 0.3 is 0 Å². The van der Waals surface area contributed by atoms with Crippen LogP contribution in [0.3, 0.4) is 0 Å². The minimum absolute atomic E-state index is 0.557. The standard InChI is InChI=1S/C9H21N2Si/c1-6-7-12(10-8(2)3)11-9(4)5/h6-11H,1-5H3. The third-order valence-corrected chi connectivity index (χ3v) is 3.67. The van der Waals surface area contributed by atoms with Crippen LogP contribution in [0.1, 0.15) is 34.6 Å². The zero-order valence-corrected chi connectivity index (χ0v) is 9.81. The molecule has 3 heteroatoms. The molecule has 0 rings (SSSR count). The van der Waals surface area contributed by atoms with Gasteiger partial charge in [-0.25, -0.2) is 0 Å². The Labute approximate surface area is 78.2 Å². The number of allylic oxidation sites excluding steroid dienone is 1. The molecule has 0 saturated heterocycles. The van der Waals surface area contributed by atoms with E-state index in [1.165, 1.54) is 0 Å². The summed E-state index contributed by atoms with van der Waals surface area (Å²) in [5.41, 5.74) is 2.24. The van der Waals surface area contributed by atoms with Crippen molar-refractivity contribution in [2.45, 2.75) is 46.7 Å². The highest BCUT2D eigenvalue weighted by atomic mass is 28.3. The molecule has 0 fully saturated rings. The van der Waals surface area contributed by atoms with Crippen molar-refractivity contribution in [3.05, 3.63) is 11.8 Å². The van der Waals surface area contributed by atoms with Crippen molar-refractivity contribution in [2.75, 3.05) is 0 Å². The molecule has 0 aliphatic carbocycles. The number of rotatable bonds is 5. The number of hydrogen-bond acceptors (Lipinski definition) is 2. The fraction of sp³-hybridized carbons (Fsp3) is 0.778. The van der Waals surface area contributed by atoms with Gasteiger partial charge in [0.2, 0.25) is 0 Å². The molecule has 0 aliphatic rings. The van der Waals surface area contributed by atoms with Gasteiger partial charge in [0, 0.05) is 0 Å². The van der Waals surface area contributed by atoms with Crippen molar-refractivity contribution in [2.24, 2.45) is 0 Å². The van der Waals surface area contributed by atoms with Gasteiger partial charge in [0.05, 0.1) is 0 Å². The minimum atomic E-state index is -0.675. The Morgan fingerprint density at radius 2 is 1.42 bits per heavy atom. The van der Waals surface area contributed by atoms with E-state index in [0.29, 0.717) is 12.1 Å². The lowest BCUT2D eigenvalue weighted by molar-refractivity contribution is 0.688. The van der Waals surface area contributed by atoms with Gasteiger partial charge in [0.25, 0.3) is 9.12 Å². The van der Waals surface area contributed by atoms with Gasteiger partial charge in [-0.1, -0.05) is 39.5 Å². The molecule has 12 heavy (non-hydrogen) atoms. The van der Waals surface area contributed by atoms with Crippen LogP contribution in [0.25, 0.3) is 0 Å². The van der Waals surface area contributed by atoms with E-state index in [4.69, 9.17) is 0 Å². The fourth-order valence-corrected chi connectivity index (χ4v) is 2.78. The minimum Gasteiger partial charge on any atom is -0.320 e. The van der Waals surface area contributed by atoms with Crippen LogP contribution >= 0.6 is 0 Å². The molecule has 71 valence electrons. The second kappa shape index (κ2) is 6.40. The first-order valence-corrected chi connectivity index (χ1v) is 6.16. The van der Waals surface area contributed by atoms with Crippen molar-refractivity contribution in [1.82, 2.24) is 9.96 Å². The van der Waals surface area contributed by atoms with Gasteiger partial charge in [-0.05, 0) is 19.0 Å². The van der Waals surface area contributed by atoms with E-state index in [2.05, 4.69) is 56.4 Å². The molecule has 1 radical (unpaired) electrons. The molecule has 0 spiro atoms. The Kier molecular flexibility index (Phi) is 6.33. The Morgan fingerprint density at radius 3 is 1.67 bits per heavy atom. The van der Waals surface area contributed by atoms with Crippen molar-refractivity contribution in [3.8, 4) is 0 Å². The Hall–Kier alpha value is -0.123. The predicted octanol–water partition coefficient (Wildman–Crippen LogP) is 1.59. The summed E-state index contributed by atoms with van der Waals surface area (Å²) in [6, 6.07) is 1.11. The maximum Gasteiger partial charge on any atom is 0.253 e. The topological polar surface area (TPSA) is 24.1 Å². The van der Waals surface area contributed by atoms with Crippen LogP contribution in [-0.2, 0) is 0 Å². The molecule has 0 aromatic rings. The fourth-order valence-electron chi connectivity index (χ4n) is 0.927. The zero-order chi connectivity index (χ0) is 9.56. The molecular formula is C9H21N2Si. The average Bonchev–Trinajstić information content (AvgIpc) is 1.84. The maximum absolute atomic E-state index is 3.52. The molecule has 0 unspecified atom stereocenters. The number of nitrogens with one attached hydrogen (secondary N) is 2. The summed E-state index contributed by atoms with van der Waals surface area (Å²) in [5, 5.41) is 0. The van der Waals surface area contributed by atoms with Crippen LogP contribution in [0.2, 0.25) is 0 Å². The largest absolute Gasteiger partial charge is 0.320 e. The lowest BCUT2D eigenvalue weighted by Gasteiger charge is -2.18. The quantitative estimate of drug-likeness (QED) is 0.636. The highest BCUT2D eigenvalue weighted by Crippen LogP contribution is 1.85. The van der Waals surface area contributed by atoms with E-state index in [1.807, 2.05) is 0 Å². The summed E-state index contributed by atoms with van der Waals surface area (Å²) in [6.45, 7) is 10.8. The molecule has 0 bridgehead atoms. The van der Waals surface area contributed by atoms with E-state index >= 15 is 0 Å². The molecule has 0 aromatic heterocycles. The molecule has 2 nitrogen and oxygen atoms in total. The summed E-state index contributed by atoms with van der Waals surface area (Å²) in [7, 11) is -0.675. The summed E-state index contributed by atoms with van der Waals surface area (Å²) in [4.78, 5) is 7.03. The normalized spacial score (nSPS) is 12.7. The second-order valence-corrected chi connectivity index (χ2v) is 5.25. The van der Waals surface area contributed by atoms with Crippen molar-refractivity contribution in [1.29, 1.82) is 0 Å². The molecule has 0 aromatic carbocycles. The van der Waals surface area contributed by atoms with Crippen LogP contribution in [0, 0.1) is 0 Å². The highest BCUT2D eigenvalue weighted by Gasteiger charge is 2.09. The van der Waals surface area contributed by atoms with E-state index in [9.17, 15) is 0 Å². The van der Waals surface area contributed by atoms with Crippen LogP contribution < -0.4 is 9.96 Å². The number of hydrogen-bond donors (Lipinski definition) is 2. The predicted molar refractivity (Wildman–Crippen MR) is 57.1 cm³/mol. The molecular weight excluding hydrogens is 164 g/mol.